The topological polar surface area (TPSA) is 35.2 Å². The molecule has 0 amide bonds. The molecule has 1 rings (SSSR count). The van der Waals surface area contributed by atoms with Crippen molar-refractivity contribution in [1.29, 1.82) is 0 Å². The molecule has 0 aromatic heterocycles. The van der Waals surface area contributed by atoms with E-state index in [1.165, 1.54) is 25.7 Å². The Hall–Kier alpha value is -0.340. The molecule has 1 atom stereocenters. The molecule has 2 nitrogen and oxygen atoms in total. The molecule has 0 heterocycles. The van der Waals surface area contributed by atoms with Crippen LogP contribution in [0.1, 0.15) is 45.4 Å². The van der Waals surface area contributed by atoms with Crippen molar-refractivity contribution >= 4 is 0 Å². The number of hydrogen-bond acceptors (Lipinski definition) is 2. The van der Waals surface area contributed by atoms with E-state index < -0.39 is 0 Å². The maximum absolute atomic E-state index is 6.18. The Morgan fingerprint density at radius 3 is 2.14 bits per heavy atom. The Kier molecular flexibility index (Phi) is 4.14. The minimum atomic E-state index is -0.137. The Labute approximate surface area is 87.5 Å². The van der Waals surface area contributed by atoms with E-state index in [4.69, 9.17) is 10.5 Å². The highest BCUT2D eigenvalue weighted by Gasteiger charge is 2.37. The standard InChI is InChI=1S/C12H23NO/c1-10(2)11(13)12(14-3)8-6-4-5-7-9-12/h11H,1,4-9,13H2,2-3H3. The summed E-state index contributed by atoms with van der Waals surface area (Å²) in [7, 11) is 1.79. The largest absolute Gasteiger partial charge is 0.376 e. The Bertz CT molecular complexity index is 192. The molecule has 0 radical (unpaired) electrons. The van der Waals surface area contributed by atoms with Gasteiger partial charge in [0.05, 0.1) is 11.6 Å². The lowest BCUT2D eigenvalue weighted by molar-refractivity contribution is -0.0346. The summed E-state index contributed by atoms with van der Waals surface area (Å²) in [5, 5.41) is 0. The van der Waals surface area contributed by atoms with Crippen LogP contribution in [0.3, 0.4) is 0 Å². The fraction of sp³-hybridized carbons (Fsp3) is 0.833. The molecule has 2 heteroatoms. The van der Waals surface area contributed by atoms with Crippen LogP contribution in [0.15, 0.2) is 12.2 Å². The van der Waals surface area contributed by atoms with Crippen LogP contribution in [0, 0.1) is 0 Å². The molecule has 1 fully saturated rings. The first kappa shape index (κ1) is 11.7. The van der Waals surface area contributed by atoms with E-state index in [2.05, 4.69) is 6.58 Å². The molecular formula is C12H23NO. The summed E-state index contributed by atoms with van der Waals surface area (Å²) >= 11 is 0. The maximum Gasteiger partial charge on any atom is 0.0866 e. The van der Waals surface area contributed by atoms with E-state index in [1.807, 2.05) is 6.92 Å². The van der Waals surface area contributed by atoms with E-state index in [9.17, 15) is 0 Å². The minimum absolute atomic E-state index is 0.00870. The Morgan fingerprint density at radius 1 is 1.29 bits per heavy atom. The quantitative estimate of drug-likeness (QED) is 0.557. The van der Waals surface area contributed by atoms with E-state index in [0.29, 0.717) is 0 Å². The molecule has 1 saturated carbocycles. The van der Waals surface area contributed by atoms with E-state index in [1.54, 1.807) is 7.11 Å². The predicted molar refractivity (Wildman–Crippen MR) is 60.2 cm³/mol. The average molecular weight is 197 g/mol. The zero-order valence-corrected chi connectivity index (χ0v) is 9.51. The van der Waals surface area contributed by atoms with Gasteiger partial charge in [0.25, 0.3) is 0 Å². The highest BCUT2D eigenvalue weighted by Crippen LogP contribution is 2.34. The first-order chi connectivity index (χ1) is 6.62. The van der Waals surface area contributed by atoms with Gasteiger partial charge in [-0.2, -0.15) is 0 Å². The van der Waals surface area contributed by atoms with Gasteiger partial charge in [-0.3, -0.25) is 0 Å². The second-order valence-corrected chi connectivity index (χ2v) is 4.51. The van der Waals surface area contributed by atoms with Gasteiger partial charge in [-0.05, 0) is 19.8 Å². The summed E-state index contributed by atoms with van der Waals surface area (Å²) in [6.45, 7) is 5.95. The van der Waals surface area contributed by atoms with Gasteiger partial charge in [-0.25, -0.2) is 0 Å². The number of ether oxygens (including phenoxy) is 1. The van der Waals surface area contributed by atoms with Crippen LogP contribution in [-0.2, 0) is 4.74 Å². The van der Waals surface area contributed by atoms with Crippen molar-refractivity contribution in [1.82, 2.24) is 0 Å². The molecule has 0 spiro atoms. The first-order valence-corrected chi connectivity index (χ1v) is 5.58. The predicted octanol–water partition coefficient (Wildman–Crippen LogP) is 2.63. The average Bonchev–Trinajstić information content (AvgIpc) is 2.42. The summed E-state index contributed by atoms with van der Waals surface area (Å²) in [6.07, 6.45) is 7.25. The monoisotopic (exact) mass is 197 g/mol. The third-order valence-corrected chi connectivity index (χ3v) is 3.45. The zero-order valence-electron chi connectivity index (χ0n) is 9.51. The van der Waals surface area contributed by atoms with Crippen LogP contribution in [0.4, 0.5) is 0 Å². The van der Waals surface area contributed by atoms with E-state index in [-0.39, 0.29) is 11.6 Å². The molecular weight excluding hydrogens is 174 g/mol. The van der Waals surface area contributed by atoms with E-state index in [0.717, 1.165) is 18.4 Å². The van der Waals surface area contributed by atoms with E-state index >= 15 is 0 Å². The highest BCUT2D eigenvalue weighted by atomic mass is 16.5. The number of methoxy groups -OCH3 is 1. The second kappa shape index (κ2) is 4.94. The SMILES string of the molecule is C=C(C)C(N)C1(OC)CCCCCC1. The number of rotatable bonds is 3. The molecule has 1 unspecified atom stereocenters. The van der Waals surface area contributed by atoms with Crippen LogP contribution in [-0.4, -0.2) is 18.8 Å². The summed E-state index contributed by atoms with van der Waals surface area (Å²) in [6, 6.07) is -0.00870. The molecule has 14 heavy (non-hydrogen) atoms. The Morgan fingerprint density at radius 2 is 1.79 bits per heavy atom. The van der Waals surface area contributed by atoms with Gasteiger partial charge in [0.15, 0.2) is 0 Å². The maximum atomic E-state index is 6.18. The van der Waals surface area contributed by atoms with Crippen LogP contribution >= 0.6 is 0 Å². The van der Waals surface area contributed by atoms with Gasteiger partial charge in [-0.15, -0.1) is 0 Å². The van der Waals surface area contributed by atoms with Crippen molar-refractivity contribution in [2.45, 2.75) is 57.1 Å². The van der Waals surface area contributed by atoms with Crippen molar-refractivity contribution in [2.75, 3.05) is 7.11 Å². The summed E-state index contributed by atoms with van der Waals surface area (Å²) in [5.41, 5.74) is 7.08. The van der Waals surface area contributed by atoms with Crippen LogP contribution in [0.2, 0.25) is 0 Å². The smallest absolute Gasteiger partial charge is 0.0866 e. The first-order valence-electron chi connectivity index (χ1n) is 5.58. The summed E-state index contributed by atoms with van der Waals surface area (Å²) in [5.74, 6) is 0. The Balaban J connectivity index is 2.76. The van der Waals surface area contributed by atoms with Crippen molar-refractivity contribution < 1.29 is 4.74 Å². The number of hydrogen-bond donors (Lipinski definition) is 1. The lowest BCUT2D eigenvalue weighted by atomic mass is 9.83. The molecule has 0 bridgehead atoms. The van der Waals surface area contributed by atoms with Gasteiger partial charge in [-0.1, -0.05) is 37.8 Å². The number of nitrogens with two attached hydrogens (primary N) is 1. The van der Waals surface area contributed by atoms with Crippen LogP contribution in [0.25, 0.3) is 0 Å². The van der Waals surface area contributed by atoms with Gasteiger partial charge in [0, 0.05) is 7.11 Å². The second-order valence-electron chi connectivity index (χ2n) is 4.51. The van der Waals surface area contributed by atoms with Crippen molar-refractivity contribution in [3.05, 3.63) is 12.2 Å². The molecule has 0 aromatic carbocycles. The molecule has 0 aliphatic heterocycles. The third-order valence-electron chi connectivity index (χ3n) is 3.45. The van der Waals surface area contributed by atoms with Crippen molar-refractivity contribution in [3.8, 4) is 0 Å². The van der Waals surface area contributed by atoms with Crippen LogP contribution in [0.5, 0.6) is 0 Å². The summed E-state index contributed by atoms with van der Waals surface area (Å²) < 4.78 is 5.70. The van der Waals surface area contributed by atoms with Gasteiger partial charge >= 0.3 is 0 Å². The van der Waals surface area contributed by atoms with Crippen LogP contribution < -0.4 is 5.73 Å². The zero-order chi connectivity index (χ0) is 10.6. The fourth-order valence-electron chi connectivity index (χ4n) is 2.42. The molecule has 0 saturated heterocycles. The lowest BCUT2D eigenvalue weighted by Gasteiger charge is -2.37. The fourth-order valence-corrected chi connectivity index (χ4v) is 2.42. The molecule has 2 N–H and O–H groups in total. The minimum Gasteiger partial charge on any atom is -0.376 e. The normalized spacial score (nSPS) is 23.9. The third kappa shape index (κ3) is 2.37. The summed E-state index contributed by atoms with van der Waals surface area (Å²) in [4.78, 5) is 0. The van der Waals surface area contributed by atoms with Gasteiger partial charge in [0.2, 0.25) is 0 Å². The van der Waals surface area contributed by atoms with Gasteiger partial charge < -0.3 is 10.5 Å². The molecule has 0 aromatic rings. The van der Waals surface area contributed by atoms with Crippen molar-refractivity contribution in [2.24, 2.45) is 5.73 Å². The molecule has 1 aliphatic carbocycles. The molecule has 82 valence electrons. The lowest BCUT2D eigenvalue weighted by Crippen LogP contribution is -2.49. The molecule has 1 aliphatic rings. The highest BCUT2D eigenvalue weighted by molar-refractivity contribution is 5.10. The van der Waals surface area contributed by atoms with Gasteiger partial charge in [0.1, 0.15) is 0 Å². The van der Waals surface area contributed by atoms with Crippen molar-refractivity contribution in [3.63, 3.8) is 0 Å².